The summed E-state index contributed by atoms with van der Waals surface area (Å²) < 4.78 is 0. The van der Waals surface area contributed by atoms with E-state index in [1.165, 1.54) is 32.0 Å². The molecule has 1 aliphatic carbocycles. The van der Waals surface area contributed by atoms with Gasteiger partial charge in [0.2, 0.25) is 0 Å². The number of anilines is 1. The van der Waals surface area contributed by atoms with Crippen LogP contribution in [0.2, 0.25) is 5.15 Å². The van der Waals surface area contributed by atoms with Crippen molar-refractivity contribution in [1.29, 1.82) is 0 Å². The second-order valence-corrected chi connectivity index (χ2v) is 5.41. The first kappa shape index (κ1) is 13.3. The van der Waals surface area contributed by atoms with Crippen molar-refractivity contribution >= 4 is 23.7 Å². The standard InChI is InChI=1S/C13H18ClN3O/c1-9-2-4-10(5-3-9)6-15-13-11(7-18)12(14)16-8-17-13/h7-10H,2-6H2,1H3,(H,15,16,17). The number of aldehydes is 1. The first-order chi connectivity index (χ1) is 8.70. The van der Waals surface area contributed by atoms with E-state index in [-0.39, 0.29) is 5.15 Å². The van der Waals surface area contributed by atoms with E-state index in [2.05, 4.69) is 22.2 Å². The quantitative estimate of drug-likeness (QED) is 0.672. The van der Waals surface area contributed by atoms with Crippen LogP contribution in [0.1, 0.15) is 43.0 Å². The lowest BCUT2D eigenvalue weighted by atomic mass is 9.83. The van der Waals surface area contributed by atoms with E-state index >= 15 is 0 Å². The molecule has 0 unspecified atom stereocenters. The molecular weight excluding hydrogens is 250 g/mol. The van der Waals surface area contributed by atoms with E-state index in [0.29, 0.717) is 23.6 Å². The Labute approximate surface area is 112 Å². The fourth-order valence-corrected chi connectivity index (χ4v) is 2.57. The van der Waals surface area contributed by atoms with Gasteiger partial charge in [0.05, 0.1) is 5.56 Å². The zero-order chi connectivity index (χ0) is 13.0. The Hall–Kier alpha value is -1.16. The predicted molar refractivity (Wildman–Crippen MR) is 72.0 cm³/mol. The molecule has 1 aromatic heterocycles. The third-order valence-corrected chi connectivity index (χ3v) is 3.95. The average Bonchev–Trinajstić information content (AvgIpc) is 2.38. The molecule has 1 fully saturated rings. The monoisotopic (exact) mass is 267 g/mol. The molecule has 18 heavy (non-hydrogen) atoms. The number of carbonyl (C=O) groups excluding carboxylic acids is 1. The molecular formula is C13H18ClN3O. The highest BCUT2D eigenvalue weighted by Crippen LogP contribution is 2.28. The van der Waals surface area contributed by atoms with Gasteiger partial charge >= 0.3 is 0 Å². The minimum Gasteiger partial charge on any atom is -0.369 e. The van der Waals surface area contributed by atoms with Crippen LogP contribution < -0.4 is 5.32 Å². The van der Waals surface area contributed by atoms with Gasteiger partial charge in [-0.2, -0.15) is 0 Å². The molecule has 98 valence electrons. The highest BCUT2D eigenvalue weighted by atomic mass is 35.5. The zero-order valence-electron chi connectivity index (χ0n) is 10.5. The molecule has 1 aliphatic rings. The van der Waals surface area contributed by atoms with Gasteiger partial charge in [0.1, 0.15) is 17.3 Å². The number of halogens is 1. The molecule has 0 aromatic carbocycles. The lowest BCUT2D eigenvalue weighted by Crippen LogP contribution is -2.21. The van der Waals surface area contributed by atoms with Crippen LogP contribution in [0.15, 0.2) is 6.33 Å². The summed E-state index contributed by atoms with van der Waals surface area (Å²) in [4.78, 5) is 18.8. The molecule has 1 saturated carbocycles. The second kappa shape index (κ2) is 6.14. The minimum atomic E-state index is 0.208. The predicted octanol–water partition coefficient (Wildman–Crippen LogP) is 3.18. The molecule has 5 heteroatoms. The number of nitrogens with zero attached hydrogens (tertiary/aromatic N) is 2. The molecule has 0 bridgehead atoms. The van der Waals surface area contributed by atoms with Gasteiger partial charge in [0, 0.05) is 6.54 Å². The van der Waals surface area contributed by atoms with Gasteiger partial charge in [-0.15, -0.1) is 0 Å². The fourth-order valence-electron chi connectivity index (χ4n) is 2.39. The summed E-state index contributed by atoms with van der Waals surface area (Å²) in [5, 5.41) is 3.43. The first-order valence-corrected chi connectivity index (χ1v) is 6.78. The normalized spacial score (nSPS) is 23.7. The lowest BCUT2D eigenvalue weighted by Gasteiger charge is -2.26. The average molecular weight is 268 g/mol. The molecule has 0 amide bonds. The summed E-state index contributed by atoms with van der Waals surface area (Å²) >= 11 is 5.85. The van der Waals surface area contributed by atoms with Gasteiger partial charge in [-0.3, -0.25) is 4.79 Å². The molecule has 4 nitrogen and oxygen atoms in total. The van der Waals surface area contributed by atoms with Crippen LogP contribution in [-0.2, 0) is 0 Å². The second-order valence-electron chi connectivity index (χ2n) is 5.05. The fraction of sp³-hybridized carbons (Fsp3) is 0.615. The molecule has 1 aromatic rings. The molecule has 1 N–H and O–H groups in total. The largest absolute Gasteiger partial charge is 0.369 e. The van der Waals surface area contributed by atoms with Gasteiger partial charge in [-0.1, -0.05) is 31.4 Å². The van der Waals surface area contributed by atoms with Crippen molar-refractivity contribution in [2.75, 3.05) is 11.9 Å². The van der Waals surface area contributed by atoms with Gasteiger partial charge in [-0.05, 0) is 24.7 Å². The number of hydrogen-bond donors (Lipinski definition) is 1. The molecule has 1 heterocycles. The van der Waals surface area contributed by atoms with E-state index in [1.54, 1.807) is 0 Å². The molecule has 0 spiro atoms. The van der Waals surface area contributed by atoms with Crippen LogP contribution in [-0.4, -0.2) is 22.8 Å². The number of carbonyl (C=O) groups is 1. The molecule has 0 radical (unpaired) electrons. The Kier molecular flexibility index (Phi) is 4.53. The van der Waals surface area contributed by atoms with E-state index < -0.39 is 0 Å². The highest BCUT2D eigenvalue weighted by Gasteiger charge is 2.18. The Morgan fingerprint density at radius 3 is 2.78 bits per heavy atom. The summed E-state index contributed by atoms with van der Waals surface area (Å²) in [5.74, 6) is 2.05. The highest BCUT2D eigenvalue weighted by molar-refractivity contribution is 6.32. The minimum absolute atomic E-state index is 0.208. The van der Waals surface area contributed by atoms with Gasteiger partial charge in [-0.25, -0.2) is 9.97 Å². The van der Waals surface area contributed by atoms with Crippen molar-refractivity contribution in [1.82, 2.24) is 9.97 Å². The van der Waals surface area contributed by atoms with E-state index in [1.807, 2.05) is 0 Å². The van der Waals surface area contributed by atoms with Crippen molar-refractivity contribution in [3.8, 4) is 0 Å². The number of hydrogen-bond acceptors (Lipinski definition) is 4. The smallest absolute Gasteiger partial charge is 0.156 e. The van der Waals surface area contributed by atoms with Crippen molar-refractivity contribution in [2.45, 2.75) is 32.6 Å². The maximum atomic E-state index is 10.9. The Bertz CT molecular complexity index is 417. The van der Waals surface area contributed by atoms with Crippen molar-refractivity contribution in [3.63, 3.8) is 0 Å². The summed E-state index contributed by atoms with van der Waals surface area (Å²) in [6.07, 6.45) is 7.13. The van der Waals surface area contributed by atoms with Crippen LogP contribution in [0.5, 0.6) is 0 Å². The van der Waals surface area contributed by atoms with Gasteiger partial charge in [0.15, 0.2) is 6.29 Å². The topological polar surface area (TPSA) is 54.9 Å². The van der Waals surface area contributed by atoms with Crippen LogP contribution in [0, 0.1) is 11.8 Å². The van der Waals surface area contributed by atoms with Crippen LogP contribution >= 0.6 is 11.6 Å². The third-order valence-electron chi connectivity index (χ3n) is 3.65. The van der Waals surface area contributed by atoms with E-state index in [4.69, 9.17) is 11.6 Å². The van der Waals surface area contributed by atoms with Crippen molar-refractivity contribution in [2.24, 2.45) is 11.8 Å². The SMILES string of the molecule is CC1CCC(CNc2ncnc(Cl)c2C=O)CC1. The Morgan fingerprint density at radius 2 is 2.11 bits per heavy atom. The third kappa shape index (κ3) is 3.19. The summed E-state index contributed by atoms with van der Waals surface area (Å²) in [6.45, 7) is 3.15. The number of nitrogens with one attached hydrogen (secondary N) is 1. The van der Waals surface area contributed by atoms with Crippen LogP contribution in [0.25, 0.3) is 0 Å². The van der Waals surface area contributed by atoms with E-state index in [9.17, 15) is 4.79 Å². The van der Waals surface area contributed by atoms with Gasteiger partial charge < -0.3 is 5.32 Å². The summed E-state index contributed by atoms with van der Waals surface area (Å²) in [5.41, 5.74) is 0.350. The lowest BCUT2D eigenvalue weighted by molar-refractivity contribution is 0.112. The summed E-state index contributed by atoms with van der Waals surface area (Å²) in [7, 11) is 0. The van der Waals surface area contributed by atoms with E-state index in [0.717, 1.165) is 12.5 Å². The maximum Gasteiger partial charge on any atom is 0.156 e. The molecule has 2 rings (SSSR count). The first-order valence-electron chi connectivity index (χ1n) is 6.40. The Balaban J connectivity index is 1.94. The molecule has 0 atom stereocenters. The van der Waals surface area contributed by atoms with Crippen molar-refractivity contribution < 1.29 is 4.79 Å². The maximum absolute atomic E-state index is 10.9. The van der Waals surface area contributed by atoms with Gasteiger partial charge in [0.25, 0.3) is 0 Å². The van der Waals surface area contributed by atoms with Crippen LogP contribution in [0.3, 0.4) is 0 Å². The van der Waals surface area contributed by atoms with Crippen molar-refractivity contribution in [3.05, 3.63) is 17.0 Å². The number of aromatic nitrogens is 2. The number of rotatable bonds is 4. The summed E-state index contributed by atoms with van der Waals surface area (Å²) in [6, 6.07) is 0. The zero-order valence-corrected chi connectivity index (χ0v) is 11.3. The molecule has 0 saturated heterocycles. The van der Waals surface area contributed by atoms with Crippen LogP contribution in [0.4, 0.5) is 5.82 Å². The molecule has 0 aliphatic heterocycles. The Morgan fingerprint density at radius 1 is 1.39 bits per heavy atom.